The third-order valence-electron chi connectivity index (χ3n) is 7.02. The highest BCUT2D eigenvalue weighted by Crippen LogP contribution is 2.43. The lowest BCUT2D eigenvalue weighted by Crippen LogP contribution is -2.46. The highest BCUT2D eigenvalue weighted by molar-refractivity contribution is 6.12. The number of anilines is 1. The van der Waals surface area contributed by atoms with Crippen molar-refractivity contribution in [3.05, 3.63) is 76.5 Å². The lowest BCUT2D eigenvalue weighted by atomic mass is 9.73. The topological polar surface area (TPSA) is 111 Å². The number of carbonyl (C=O) groups is 3. The van der Waals surface area contributed by atoms with Crippen LogP contribution in [0, 0.1) is 34.5 Å². The van der Waals surface area contributed by atoms with Crippen molar-refractivity contribution < 1.29 is 32.3 Å². The maximum Gasteiger partial charge on any atom is 0.416 e. The molecule has 220 valence electrons. The molecule has 1 aliphatic heterocycles. The van der Waals surface area contributed by atoms with E-state index in [1.165, 1.54) is 25.1 Å². The van der Waals surface area contributed by atoms with E-state index in [-0.39, 0.29) is 29.8 Å². The Balaban J connectivity index is 2.02. The van der Waals surface area contributed by atoms with Crippen LogP contribution in [0.25, 0.3) is 0 Å². The average molecular weight is 580 g/mol. The van der Waals surface area contributed by atoms with Gasteiger partial charge in [-0.2, -0.15) is 23.7 Å². The van der Waals surface area contributed by atoms with Gasteiger partial charge in [-0.1, -0.05) is 25.1 Å². The maximum atomic E-state index is 14.0. The highest BCUT2D eigenvalue weighted by Gasteiger charge is 2.46. The Morgan fingerprint density at radius 1 is 1.05 bits per heavy atom. The molecule has 1 aliphatic rings. The van der Waals surface area contributed by atoms with Crippen molar-refractivity contribution in [1.29, 1.82) is 10.5 Å². The first-order valence-electron chi connectivity index (χ1n) is 13.5. The van der Waals surface area contributed by atoms with E-state index < -0.39 is 52.8 Å². The summed E-state index contributed by atoms with van der Waals surface area (Å²) in [6.07, 6.45) is -4.22. The number of hydrogen-bond acceptors (Lipinski definition) is 6. The molecule has 0 spiro atoms. The van der Waals surface area contributed by atoms with Gasteiger partial charge in [0, 0.05) is 23.7 Å². The Morgan fingerprint density at radius 2 is 1.69 bits per heavy atom. The van der Waals surface area contributed by atoms with Crippen LogP contribution in [-0.4, -0.2) is 23.3 Å². The van der Waals surface area contributed by atoms with E-state index in [1.54, 1.807) is 39.8 Å². The summed E-state index contributed by atoms with van der Waals surface area (Å²) in [6.45, 7) is 8.38. The van der Waals surface area contributed by atoms with Crippen LogP contribution in [0.5, 0.6) is 0 Å². The molecule has 7 nitrogen and oxygen atoms in total. The highest BCUT2D eigenvalue weighted by atomic mass is 19.4. The number of ether oxygens (including phenoxy) is 1. The summed E-state index contributed by atoms with van der Waals surface area (Å²) in [7, 11) is 0. The number of nitriles is 2. The molecule has 2 aromatic carbocycles. The predicted octanol–water partition coefficient (Wildman–Crippen LogP) is 6.84. The van der Waals surface area contributed by atoms with Crippen LogP contribution in [0.1, 0.15) is 76.5 Å². The van der Waals surface area contributed by atoms with Crippen LogP contribution in [0.4, 0.5) is 18.9 Å². The Kier molecular flexibility index (Phi) is 9.63. The third-order valence-corrected chi connectivity index (χ3v) is 7.02. The van der Waals surface area contributed by atoms with E-state index in [4.69, 9.17) is 4.74 Å². The van der Waals surface area contributed by atoms with E-state index in [0.717, 1.165) is 23.1 Å². The van der Waals surface area contributed by atoms with Crippen molar-refractivity contribution in [2.45, 2.75) is 71.6 Å². The van der Waals surface area contributed by atoms with Gasteiger partial charge in [-0.15, -0.1) is 0 Å². The summed E-state index contributed by atoms with van der Waals surface area (Å²) in [5.74, 6) is -4.61. The number of hydrogen-bond donors (Lipinski definition) is 0. The second kappa shape index (κ2) is 12.6. The average Bonchev–Trinajstić information content (AvgIpc) is 2.91. The van der Waals surface area contributed by atoms with Gasteiger partial charge >= 0.3 is 12.1 Å². The Morgan fingerprint density at radius 3 is 2.24 bits per heavy atom. The summed E-state index contributed by atoms with van der Waals surface area (Å²) < 4.78 is 45.9. The van der Waals surface area contributed by atoms with Gasteiger partial charge in [0.2, 0.25) is 5.91 Å². The first-order chi connectivity index (χ1) is 19.6. The van der Waals surface area contributed by atoms with Crippen LogP contribution in [0.3, 0.4) is 0 Å². The zero-order valence-corrected chi connectivity index (χ0v) is 24.1. The van der Waals surface area contributed by atoms with E-state index in [0.29, 0.717) is 17.5 Å². The smallest absolute Gasteiger partial charge is 0.416 e. The number of carbonyl (C=O) groups excluding carboxylic acids is 3. The molecule has 0 aliphatic carbocycles. The summed E-state index contributed by atoms with van der Waals surface area (Å²) in [6, 6.07) is 14.4. The van der Waals surface area contributed by atoms with Crippen molar-refractivity contribution in [2.75, 3.05) is 4.90 Å². The quantitative estimate of drug-likeness (QED) is 0.250. The van der Waals surface area contributed by atoms with E-state index in [1.807, 2.05) is 6.07 Å². The fraction of sp³-hybridized carbons (Fsp3) is 0.406. The molecule has 3 rings (SSSR count). The SMILES string of the molecule is CC1=C(C#N)C(c2ccc(C#N)cc2)C(C(=O)CCC[C@@H](C)C(=O)OC(C)(C)C)C(=O)N1c1cccc(C(F)(F)F)c1. The maximum absolute atomic E-state index is 14.0. The van der Waals surface area contributed by atoms with Crippen molar-refractivity contribution >= 4 is 23.3 Å². The Labute approximate surface area is 243 Å². The second-order valence-electron chi connectivity index (χ2n) is 11.3. The molecule has 3 atom stereocenters. The van der Waals surface area contributed by atoms with Crippen LogP contribution in [-0.2, 0) is 25.3 Å². The molecule has 1 heterocycles. The lowest BCUT2D eigenvalue weighted by Gasteiger charge is -2.38. The fourth-order valence-electron chi connectivity index (χ4n) is 4.96. The molecule has 2 aromatic rings. The van der Waals surface area contributed by atoms with Gasteiger partial charge in [0.05, 0.1) is 34.8 Å². The van der Waals surface area contributed by atoms with Gasteiger partial charge in [-0.25, -0.2) is 0 Å². The third kappa shape index (κ3) is 7.25. The van der Waals surface area contributed by atoms with Gasteiger partial charge < -0.3 is 4.74 Å². The number of ketones is 1. The molecule has 0 saturated heterocycles. The number of Topliss-reactive ketones (excluding diaryl/α,β-unsaturated/α-hetero) is 1. The van der Waals surface area contributed by atoms with Gasteiger partial charge in [-0.3, -0.25) is 19.3 Å². The molecule has 1 amide bonds. The molecular weight excluding hydrogens is 547 g/mol. The largest absolute Gasteiger partial charge is 0.460 e. The number of rotatable bonds is 8. The van der Waals surface area contributed by atoms with Gasteiger partial charge in [-0.05, 0) is 76.4 Å². The van der Waals surface area contributed by atoms with Crippen molar-refractivity contribution in [3.63, 3.8) is 0 Å². The Hall–Kier alpha value is -4.44. The molecular formula is C32H32F3N3O4. The summed E-state index contributed by atoms with van der Waals surface area (Å²) in [5, 5.41) is 19.4. The molecule has 0 fully saturated rings. The Bertz CT molecular complexity index is 1470. The zero-order chi connectivity index (χ0) is 31.4. The van der Waals surface area contributed by atoms with Crippen LogP contribution in [0.2, 0.25) is 0 Å². The first kappa shape index (κ1) is 32.1. The number of alkyl halides is 3. The number of allylic oxidation sites excluding steroid dienone is 2. The molecule has 0 saturated carbocycles. The van der Waals surface area contributed by atoms with Gasteiger partial charge in [0.25, 0.3) is 0 Å². The second-order valence-corrected chi connectivity index (χ2v) is 11.3. The zero-order valence-electron chi connectivity index (χ0n) is 24.1. The monoisotopic (exact) mass is 579 g/mol. The van der Waals surface area contributed by atoms with Crippen LogP contribution < -0.4 is 4.90 Å². The predicted molar refractivity (Wildman–Crippen MR) is 148 cm³/mol. The van der Waals surface area contributed by atoms with Crippen molar-refractivity contribution in [3.8, 4) is 12.1 Å². The standard InChI is InChI=1S/C32H32F3N3O4/c1-19(30(41)42-31(3,4)5)8-6-11-26(39)28-27(22-14-12-21(17-36)13-15-22)25(18-37)20(2)38(29(28)40)24-10-7-9-23(16-24)32(33,34)35/h7,9-10,12-16,19,27-28H,6,8,11H2,1-5H3/t19-,27?,28?/m1/s1. The molecule has 42 heavy (non-hydrogen) atoms. The summed E-state index contributed by atoms with van der Waals surface area (Å²) >= 11 is 0. The number of halogens is 3. The molecule has 0 bridgehead atoms. The van der Waals surface area contributed by atoms with Gasteiger partial charge in [0.1, 0.15) is 17.3 Å². The van der Waals surface area contributed by atoms with E-state index >= 15 is 0 Å². The minimum atomic E-state index is -4.67. The van der Waals surface area contributed by atoms with E-state index in [9.17, 15) is 38.1 Å². The van der Waals surface area contributed by atoms with Crippen LogP contribution >= 0.6 is 0 Å². The van der Waals surface area contributed by atoms with Crippen molar-refractivity contribution in [1.82, 2.24) is 0 Å². The van der Waals surface area contributed by atoms with Crippen LogP contribution in [0.15, 0.2) is 59.8 Å². The number of amides is 1. The summed E-state index contributed by atoms with van der Waals surface area (Å²) in [4.78, 5) is 41.1. The first-order valence-corrected chi connectivity index (χ1v) is 13.5. The molecule has 10 heteroatoms. The number of nitrogens with zero attached hydrogens (tertiary/aromatic N) is 3. The molecule has 0 aromatic heterocycles. The minimum Gasteiger partial charge on any atom is -0.460 e. The number of esters is 1. The molecule has 0 N–H and O–H groups in total. The normalized spacial score (nSPS) is 18.2. The molecule has 0 radical (unpaired) electrons. The molecule has 2 unspecified atom stereocenters. The fourth-order valence-corrected chi connectivity index (χ4v) is 4.96. The lowest BCUT2D eigenvalue weighted by molar-refractivity contribution is -0.159. The van der Waals surface area contributed by atoms with Crippen molar-refractivity contribution in [2.24, 2.45) is 11.8 Å². The number of benzene rings is 2. The van der Waals surface area contributed by atoms with E-state index in [2.05, 4.69) is 6.07 Å². The summed E-state index contributed by atoms with van der Waals surface area (Å²) in [5.41, 5.74) is -0.820. The minimum absolute atomic E-state index is 0.0530. The van der Waals surface area contributed by atoms with Gasteiger partial charge in [0.15, 0.2) is 0 Å².